The Morgan fingerprint density at radius 3 is 2.50 bits per heavy atom. The zero-order valence-corrected chi connectivity index (χ0v) is 11.1. The van der Waals surface area contributed by atoms with Crippen molar-refractivity contribution in [3.05, 3.63) is 35.4 Å². The summed E-state index contributed by atoms with van der Waals surface area (Å²) in [4.78, 5) is 11.9. The molecular weight excluding hydrogens is 274 g/mol. The summed E-state index contributed by atoms with van der Waals surface area (Å²) in [5.41, 5.74) is 6.37. The predicted molar refractivity (Wildman–Crippen MR) is 72.6 cm³/mol. The zero-order chi connectivity index (χ0) is 13.8. The van der Waals surface area contributed by atoms with Gasteiger partial charge in [-0.25, -0.2) is 13.6 Å². The predicted octanol–water partition coefficient (Wildman–Crippen LogP) is -0.661. The summed E-state index contributed by atoms with van der Waals surface area (Å²) in [5, 5.41) is 7.25. The Hall–Kier alpha value is -1.51. The van der Waals surface area contributed by atoms with Crippen LogP contribution in [0.1, 0.15) is 15.9 Å². The molecule has 0 saturated carbocycles. The van der Waals surface area contributed by atoms with Crippen molar-refractivity contribution < 1.29 is 13.2 Å². The Kier molecular flexibility index (Phi) is 4.76. The fraction of sp³-hybridized carbons (Fsp3) is 0.200. The van der Waals surface area contributed by atoms with Gasteiger partial charge in [-0.15, -0.1) is 0 Å². The standard InChI is InChI=1S/C10H13N3O3S2/c11-9(17)7-2-1-3-8(6-7)10(14)13-4-5-18(12,15)16/h1-3,6H,4-5H2,(H2,11,17)(H,13,14)(H2,12,15,16). The number of thiocarbonyl (C=S) groups is 1. The molecular formula is C10H13N3O3S2. The molecule has 1 aromatic rings. The fourth-order valence-electron chi connectivity index (χ4n) is 1.22. The summed E-state index contributed by atoms with van der Waals surface area (Å²) >= 11 is 4.79. The van der Waals surface area contributed by atoms with Crippen LogP contribution in [0, 0.1) is 0 Å². The topological polar surface area (TPSA) is 115 Å². The van der Waals surface area contributed by atoms with Crippen molar-refractivity contribution in [2.75, 3.05) is 12.3 Å². The van der Waals surface area contributed by atoms with Crippen LogP contribution < -0.4 is 16.2 Å². The average molecular weight is 287 g/mol. The Balaban J connectivity index is 2.67. The summed E-state index contributed by atoms with van der Waals surface area (Å²) in [6.07, 6.45) is 0. The van der Waals surface area contributed by atoms with Crippen molar-refractivity contribution in [1.82, 2.24) is 5.32 Å². The maximum atomic E-state index is 11.7. The van der Waals surface area contributed by atoms with Crippen LogP contribution in [0.5, 0.6) is 0 Å². The van der Waals surface area contributed by atoms with E-state index in [0.717, 1.165) is 0 Å². The highest BCUT2D eigenvalue weighted by molar-refractivity contribution is 7.89. The molecule has 1 rings (SSSR count). The molecule has 8 heteroatoms. The number of sulfonamides is 1. The minimum atomic E-state index is -3.58. The van der Waals surface area contributed by atoms with Gasteiger partial charge in [0.25, 0.3) is 5.91 Å². The number of hydrogen-bond donors (Lipinski definition) is 3. The summed E-state index contributed by atoms with van der Waals surface area (Å²) in [7, 11) is -3.58. The Morgan fingerprint density at radius 1 is 1.33 bits per heavy atom. The van der Waals surface area contributed by atoms with Gasteiger partial charge in [-0.3, -0.25) is 4.79 Å². The van der Waals surface area contributed by atoms with Crippen LogP contribution in [0.15, 0.2) is 24.3 Å². The van der Waals surface area contributed by atoms with Gasteiger partial charge in [0.2, 0.25) is 10.0 Å². The monoisotopic (exact) mass is 287 g/mol. The number of carbonyl (C=O) groups is 1. The maximum absolute atomic E-state index is 11.7. The van der Waals surface area contributed by atoms with Crippen LogP contribution in [0.3, 0.4) is 0 Å². The minimum Gasteiger partial charge on any atom is -0.389 e. The molecule has 6 nitrogen and oxygen atoms in total. The number of benzene rings is 1. The normalized spacial score (nSPS) is 10.9. The van der Waals surface area contributed by atoms with Gasteiger partial charge in [0, 0.05) is 17.7 Å². The van der Waals surface area contributed by atoms with Crippen LogP contribution in [0.25, 0.3) is 0 Å². The van der Waals surface area contributed by atoms with Crippen molar-refractivity contribution in [3.63, 3.8) is 0 Å². The van der Waals surface area contributed by atoms with E-state index < -0.39 is 15.9 Å². The molecule has 0 aliphatic rings. The molecule has 0 saturated heterocycles. The van der Waals surface area contributed by atoms with Gasteiger partial charge in [0.15, 0.2) is 0 Å². The van der Waals surface area contributed by atoms with Crippen molar-refractivity contribution in [1.29, 1.82) is 0 Å². The summed E-state index contributed by atoms with van der Waals surface area (Å²) in [6.45, 7) is -0.0467. The highest BCUT2D eigenvalue weighted by Crippen LogP contribution is 2.05. The van der Waals surface area contributed by atoms with Crippen LogP contribution in [-0.4, -0.2) is 31.6 Å². The lowest BCUT2D eigenvalue weighted by Crippen LogP contribution is -2.31. The molecule has 0 unspecified atom stereocenters. The van der Waals surface area contributed by atoms with Gasteiger partial charge in [0.05, 0.1) is 5.75 Å². The molecule has 5 N–H and O–H groups in total. The molecule has 1 aromatic carbocycles. The van der Waals surface area contributed by atoms with Crippen LogP contribution >= 0.6 is 12.2 Å². The second kappa shape index (κ2) is 5.89. The number of primary sulfonamides is 1. The molecule has 0 aromatic heterocycles. The third-order valence-corrected chi connectivity index (χ3v) is 3.09. The van der Waals surface area contributed by atoms with E-state index in [1.54, 1.807) is 18.2 Å². The minimum absolute atomic E-state index is 0.0467. The fourth-order valence-corrected chi connectivity index (χ4v) is 1.74. The van der Waals surface area contributed by atoms with Crippen LogP contribution in [-0.2, 0) is 10.0 Å². The zero-order valence-electron chi connectivity index (χ0n) is 9.42. The Labute approximate surface area is 110 Å². The van der Waals surface area contributed by atoms with Crippen LogP contribution in [0.4, 0.5) is 0 Å². The van der Waals surface area contributed by atoms with E-state index >= 15 is 0 Å². The number of nitrogens with two attached hydrogens (primary N) is 2. The quantitative estimate of drug-likeness (QED) is 0.622. The SMILES string of the molecule is NC(=S)c1cccc(C(=O)NCCS(N)(=O)=O)c1. The van der Waals surface area contributed by atoms with Gasteiger partial charge in [-0.1, -0.05) is 24.4 Å². The molecule has 0 fully saturated rings. The molecule has 0 aliphatic heterocycles. The second-order valence-corrected chi connectivity index (χ2v) is 5.74. The first-order valence-corrected chi connectivity index (χ1v) is 7.10. The molecule has 0 bridgehead atoms. The molecule has 1 amide bonds. The molecule has 0 radical (unpaired) electrons. The number of hydrogen-bond acceptors (Lipinski definition) is 4. The van der Waals surface area contributed by atoms with Gasteiger partial charge in [0.1, 0.15) is 4.99 Å². The third-order valence-electron chi connectivity index (χ3n) is 2.08. The van der Waals surface area contributed by atoms with Gasteiger partial charge in [-0.05, 0) is 12.1 Å². The summed E-state index contributed by atoms with van der Waals surface area (Å²) in [5.74, 6) is -0.718. The average Bonchev–Trinajstić information content (AvgIpc) is 2.27. The smallest absolute Gasteiger partial charge is 0.251 e. The second-order valence-electron chi connectivity index (χ2n) is 3.57. The Bertz CT molecular complexity index is 569. The maximum Gasteiger partial charge on any atom is 0.251 e. The van der Waals surface area contributed by atoms with Gasteiger partial charge >= 0.3 is 0 Å². The third kappa shape index (κ3) is 4.78. The molecule has 18 heavy (non-hydrogen) atoms. The first kappa shape index (κ1) is 14.6. The lowest BCUT2D eigenvalue weighted by Gasteiger charge is -2.05. The first-order chi connectivity index (χ1) is 8.29. The molecule has 0 atom stereocenters. The molecule has 0 spiro atoms. The largest absolute Gasteiger partial charge is 0.389 e. The van der Waals surface area contributed by atoms with Crippen molar-refractivity contribution in [2.45, 2.75) is 0 Å². The highest BCUT2D eigenvalue weighted by Gasteiger charge is 2.08. The molecule has 0 aliphatic carbocycles. The van der Waals surface area contributed by atoms with Crippen molar-refractivity contribution in [3.8, 4) is 0 Å². The molecule has 0 heterocycles. The van der Waals surface area contributed by atoms with E-state index in [9.17, 15) is 13.2 Å². The van der Waals surface area contributed by atoms with E-state index in [1.165, 1.54) is 6.07 Å². The lowest BCUT2D eigenvalue weighted by molar-refractivity contribution is 0.0956. The van der Waals surface area contributed by atoms with Crippen molar-refractivity contribution >= 4 is 33.1 Å². The number of carbonyl (C=O) groups excluding carboxylic acids is 1. The van der Waals surface area contributed by atoms with Crippen LogP contribution in [0.2, 0.25) is 0 Å². The summed E-state index contributed by atoms with van der Waals surface area (Å²) < 4.78 is 21.4. The molecule has 98 valence electrons. The van der Waals surface area contributed by atoms with Gasteiger partial charge in [-0.2, -0.15) is 0 Å². The Morgan fingerprint density at radius 2 is 1.94 bits per heavy atom. The number of amides is 1. The van der Waals surface area contributed by atoms with Gasteiger partial charge < -0.3 is 11.1 Å². The van der Waals surface area contributed by atoms with E-state index in [0.29, 0.717) is 11.1 Å². The number of rotatable bonds is 5. The van der Waals surface area contributed by atoms with E-state index in [-0.39, 0.29) is 17.3 Å². The van der Waals surface area contributed by atoms with E-state index in [4.69, 9.17) is 23.1 Å². The van der Waals surface area contributed by atoms with Crippen molar-refractivity contribution in [2.24, 2.45) is 10.9 Å². The first-order valence-electron chi connectivity index (χ1n) is 4.98. The highest BCUT2D eigenvalue weighted by atomic mass is 32.2. The summed E-state index contributed by atoms with van der Waals surface area (Å²) in [6, 6.07) is 6.44. The lowest BCUT2D eigenvalue weighted by atomic mass is 10.1. The van der Waals surface area contributed by atoms with E-state index in [2.05, 4.69) is 5.32 Å². The van der Waals surface area contributed by atoms with E-state index in [1.807, 2.05) is 0 Å². The number of nitrogens with one attached hydrogen (secondary N) is 1.